The predicted octanol–water partition coefficient (Wildman–Crippen LogP) is 9.22. The second-order valence-corrected chi connectivity index (χ2v) is 11.0. The summed E-state index contributed by atoms with van der Waals surface area (Å²) in [5.41, 5.74) is 0. The zero-order chi connectivity index (χ0) is 26.5. The molecule has 0 spiro atoms. The molecule has 0 unspecified atom stereocenters. The van der Waals surface area contributed by atoms with E-state index in [-0.39, 0.29) is 6.42 Å². The molecular formula is C32H67NO2. The molecule has 0 aromatic heterocycles. The summed E-state index contributed by atoms with van der Waals surface area (Å²) in [6, 6.07) is 0. The normalized spacial score (nSPS) is 11.3. The van der Waals surface area contributed by atoms with E-state index in [0.29, 0.717) is 0 Å². The Morgan fingerprint density at radius 3 is 0.943 bits per heavy atom. The van der Waals surface area contributed by atoms with Gasteiger partial charge in [0.1, 0.15) is 0 Å². The first-order chi connectivity index (χ1) is 17.0. The van der Waals surface area contributed by atoms with Gasteiger partial charge in [-0.05, 0) is 38.5 Å². The van der Waals surface area contributed by atoms with Gasteiger partial charge in [-0.3, -0.25) is 0 Å². The van der Waals surface area contributed by atoms with Gasteiger partial charge >= 0.3 is 0 Å². The van der Waals surface area contributed by atoms with Gasteiger partial charge in [-0.2, -0.15) is 0 Å². The molecular weight excluding hydrogens is 430 g/mol. The lowest BCUT2D eigenvalue weighted by Gasteiger charge is -2.39. The molecule has 0 rings (SSSR count). The summed E-state index contributed by atoms with van der Waals surface area (Å²) in [5, 5.41) is 10.2. The Morgan fingerprint density at radius 1 is 0.429 bits per heavy atom. The van der Waals surface area contributed by atoms with Crippen molar-refractivity contribution in [1.29, 1.82) is 0 Å². The quantitative estimate of drug-likeness (QED) is 0.0882. The first-order valence-corrected chi connectivity index (χ1v) is 16.1. The average molecular weight is 498 g/mol. The molecule has 0 atom stereocenters. The topological polar surface area (TPSA) is 40.1 Å². The van der Waals surface area contributed by atoms with Gasteiger partial charge in [0.25, 0.3) is 0 Å². The van der Waals surface area contributed by atoms with E-state index >= 15 is 0 Å². The van der Waals surface area contributed by atoms with Crippen LogP contribution in [0.15, 0.2) is 0 Å². The number of nitrogens with zero attached hydrogens (tertiary/aromatic N) is 1. The van der Waals surface area contributed by atoms with Crippen molar-refractivity contribution in [2.24, 2.45) is 0 Å². The largest absolute Gasteiger partial charge is 0.550 e. The van der Waals surface area contributed by atoms with E-state index < -0.39 is 5.97 Å². The lowest BCUT2D eigenvalue weighted by molar-refractivity contribution is -0.929. The number of carbonyl (C=O) groups excluding carboxylic acids is 1. The molecule has 0 aromatic rings. The smallest absolute Gasteiger partial charge is 0.0786 e. The maximum Gasteiger partial charge on any atom is 0.0786 e. The number of carboxylic acids is 1. The van der Waals surface area contributed by atoms with E-state index in [2.05, 4.69) is 34.6 Å². The van der Waals surface area contributed by atoms with Crippen LogP contribution in [0.1, 0.15) is 176 Å². The van der Waals surface area contributed by atoms with E-state index in [1.165, 1.54) is 153 Å². The van der Waals surface area contributed by atoms with Crippen molar-refractivity contribution in [2.45, 2.75) is 176 Å². The third-order valence-corrected chi connectivity index (χ3v) is 7.43. The minimum absolute atomic E-state index is 0.234. The lowest BCUT2D eigenvalue weighted by Crippen LogP contribution is -2.50. The SMILES string of the molecule is CCCCCCCCCCCCCCCC(=O)[O-].CCCC[N+](CCCC)(CCCC)CCCC. The number of quaternary nitrogens is 1. The molecule has 35 heavy (non-hydrogen) atoms. The van der Waals surface area contributed by atoms with E-state index in [0.717, 1.165) is 12.8 Å². The number of hydrogen-bond acceptors (Lipinski definition) is 2. The second kappa shape index (κ2) is 29.7. The Morgan fingerprint density at radius 2 is 0.686 bits per heavy atom. The molecule has 0 aliphatic rings. The zero-order valence-electron chi connectivity index (χ0n) is 25.1. The molecule has 0 saturated carbocycles. The highest BCUT2D eigenvalue weighted by molar-refractivity contribution is 5.63. The van der Waals surface area contributed by atoms with Crippen molar-refractivity contribution in [1.82, 2.24) is 0 Å². The van der Waals surface area contributed by atoms with Crippen LogP contribution in [0.25, 0.3) is 0 Å². The minimum atomic E-state index is -0.905. The van der Waals surface area contributed by atoms with E-state index in [9.17, 15) is 9.90 Å². The summed E-state index contributed by atoms with van der Waals surface area (Å²) in [4.78, 5) is 10.2. The minimum Gasteiger partial charge on any atom is -0.550 e. The van der Waals surface area contributed by atoms with Gasteiger partial charge in [-0.1, -0.05) is 137 Å². The standard InChI is InChI=1S/C16H36N.C16H32O2/c1-5-9-13-17(14-10-6-2,15-11-7-3)16-12-8-4;1-2-3-4-5-6-7-8-9-10-11-12-13-14-15-16(17)18/h5-16H2,1-4H3;2-15H2,1H3,(H,17,18)/q+1;/p-1. The molecule has 0 bridgehead atoms. The van der Waals surface area contributed by atoms with Crippen molar-refractivity contribution in [2.75, 3.05) is 26.2 Å². The Labute approximate surface area is 222 Å². The fourth-order valence-corrected chi connectivity index (χ4v) is 4.93. The molecule has 3 nitrogen and oxygen atoms in total. The first-order valence-electron chi connectivity index (χ1n) is 16.1. The Balaban J connectivity index is 0. The van der Waals surface area contributed by atoms with Crippen molar-refractivity contribution < 1.29 is 14.4 Å². The van der Waals surface area contributed by atoms with Crippen LogP contribution >= 0.6 is 0 Å². The summed E-state index contributed by atoms with van der Waals surface area (Å²) < 4.78 is 1.42. The number of carbonyl (C=O) groups is 1. The second-order valence-electron chi connectivity index (χ2n) is 11.0. The van der Waals surface area contributed by atoms with Gasteiger partial charge < -0.3 is 14.4 Å². The highest BCUT2D eigenvalue weighted by Gasteiger charge is 2.24. The number of aliphatic carboxylic acids is 1. The number of rotatable bonds is 26. The summed E-state index contributed by atoms with van der Waals surface area (Å²) in [6.45, 7) is 17.3. The van der Waals surface area contributed by atoms with Gasteiger partial charge in [-0.15, -0.1) is 0 Å². The zero-order valence-corrected chi connectivity index (χ0v) is 25.1. The molecule has 0 heterocycles. The molecule has 0 fully saturated rings. The van der Waals surface area contributed by atoms with Gasteiger partial charge in [0.05, 0.1) is 26.2 Å². The van der Waals surface area contributed by atoms with E-state index in [1.54, 1.807) is 0 Å². The molecule has 0 radical (unpaired) electrons. The van der Waals surface area contributed by atoms with Crippen LogP contribution in [-0.4, -0.2) is 36.6 Å². The van der Waals surface area contributed by atoms with Crippen LogP contribution in [0.5, 0.6) is 0 Å². The third kappa shape index (κ3) is 27.9. The highest BCUT2D eigenvalue weighted by atomic mass is 16.4. The van der Waals surface area contributed by atoms with Crippen molar-refractivity contribution >= 4 is 5.97 Å². The number of carboxylic acid groups (broad SMARTS) is 1. The summed E-state index contributed by atoms with van der Waals surface area (Å²) in [5.74, 6) is -0.905. The van der Waals surface area contributed by atoms with Crippen LogP contribution < -0.4 is 5.11 Å². The van der Waals surface area contributed by atoms with Crippen LogP contribution in [0.4, 0.5) is 0 Å². The number of unbranched alkanes of at least 4 members (excludes halogenated alkanes) is 16. The Hall–Kier alpha value is -0.570. The van der Waals surface area contributed by atoms with Crippen molar-refractivity contribution in [3.63, 3.8) is 0 Å². The molecule has 0 aromatic carbocycles. The van der Waals surface area contributed by atoms with Crippen molar-refractivity contribution in [3.05, 3.63) is 0 Å². The maximum atomic E-state index is 10.2. The van der Waals surface area contributed by atoms with E-state index in [1.807, 2.05) is 0 Å². The monoisotopic (exact) mass is 498 g/mol. The molecule has 212 valence electrons. The molecule has 0 aliphatic heterocycles. The number of hydrogen-bond donors (Lipinski definition) is 0. The lowest BCUT2D eigenvalue weighted by atomic mass is 10.0. The first kappa shape index (κ1) is 36.6. The summed E-state index contributed by atoms with van der Waals surface area (Å²) >= 11 is 0. The fraction of sp³-hybridized carbons (Fsp3) is 0.969. The van der Waals surface area contributed by atoms with Crippen LogP contribution in [0.2, 0.25) is 0 Å². The third-order valence-electron chi connectivity index (χ3n) is 7.43. The maximum absolute atomic E-state index is 10.2. The molecule has 0 saturated heterocycles. The van der Waals surface area contributed by atoms with Crippen LogP contribution in [-0.2, 0) is 4.79 Å². The van der Waals surface area contributed by atoms with Gasteiger partial charge in [0.15, 0.2) is 0 Å². The fourth-order valence-electron chi connectivity index (χ4n) is 4.93. The summed E-state index contributed by atoms with van der Waals surface area (Å²) in [7, 11) is 0. The van der Waals surface area contributed by atoms with Gasteiger partial charge in [0, 0.05) is 5.97 Å². The van der Waals surface area contributed by atoms with Crippen LogP contribution in [0, 0.1) is 0 Å². The Kier molecular flexibility index (Phi) is 31.0. The molecule has 0 amide bonds. The van der Waals surface area contributed by atoms with Crippen LogP contribution in [0.3, 0.4) is 0 Å². The average Bonchev–Trinajstić information content (AvgIpc) is 2.86. The molecule has 0 N–H and O–H groups in total. The molecule has 3 heteroatoms. The van der Waals surface area contributed by atoms with Gasteiger partial charge in [-0.25, -0.2) is 0 Å². The predicted molar refractivity (Wildman–Crippen MR) is 155 cm³/mol. The van der Waals surface area contributed by atoms with Gasteiger partial charge in [0.2, 0.25) is 0 Å². The highest BCUT2D eigenvalue weighted by Crippen LogP contribution is 2.16. The molecule has 0 aliphatic carbocycles. The van der Waals surface area contributed by atoms with E-state index in [4.69, 9.17) is 0 Å². The summed E-state index contributed by atoms with van der Waals surface area (Å²) in [6.07, 6.45) is 28.0. The van der Waals surface area contributed by atoms with Crippen molar-refractivity contribution in [3.8, 4) is 0 Å². The Bertz CT molecular complexity index is 373.